The Morgan fingerprint density at radius 1 is 1.17 bits per heavy atom. The van der Waals surface area contributed by atoms with Crippen molar-refractivity contribution in [1.82, 2.24) is 0 Å². The number of rotatable bonds is 4. The number of methoxy groups -OCH3 is 1. The van der Waals surface area contributed by atoms with Crippen LogP contribution in [0.4, 0.5) is 4.79 Å². The highest BCUT2D eigenvalue weighted by Crippen LogP contribution is 2.62. The molecule has 0 bridgehead atoms. The molecular formula is C20H28N2O6S. The van der Waals surface area contributed by atoms with Crippen molar-refractivity contribution in [3.05, 3.63) is 23.3 Å². The summed E-state index contributed by atoms with van der Waals surface area (Å²) in [5.41, 5.74) is 7.53. The molecule has 3 aliphatic carbocycles. The summed E-state index contributed by atoms with van der Waals surface area (Å²) in [5, 5.41) is 5.04. The van der Waals surface area contributed by atoms with Crippen LogP contribution < -0.4 is 19.8 Å². The van der Waals surface area contributed by atoms with Gasteiger partial charge in [-0.25, -0.2) is 4.79 Å². The van der Waals surface area contributed by atoms with Crippen LogP contribution in [0.25, 0.3) is 0 Å². The van der Waals surface area contributed by atoms with Crippen LogP contribution in [0.15, 0.2) is 12.1 Å². The third-order valence-electron chi connectivity index (χ3n) is 7.39. The van der Waals surface area contributed by atoms with Gasteiger partial charge in [-0.15, -0.1) is 0 Å². The van der Waals surface area contributed by atoms with Crippen LogP contribution in [-0.2, 0) is 21.5 Å². The van der Waals surface area contributed by atoms with E-state index < -0.39 is 16.4 Å². The molecule has 1 aromatic rings. The van der Waals surface area contributed by atoms with Gasteiger partial charge in [0.25, 0.3) is 0 Å². The van der Waals surface area contributed by atoms with Crippen LogP contribution in [0.3, 0.4) is 0 Å². The van der Waals surface area contributed by atoms with E-state index in [0.717, 1.165) is 44.1 Å². The Balaban J connectivity index is 1.65. The minimum absolute atomic E-state index is 0.0472. The fourth-order valence-corrected chi connectivity index (χ4v) is 6.59. The molecule has 0 saturated heterocycles. The van der Waals surface area contributed by atoms with Gasteiger partial charge in [-0.05, 0) is 79.5 Å². The summed E-state index contributed by atoms with van der Waals surface area (Å²) in [5.74, 6) is 1.81. The molecule has 1 amide bonds. The molecule has 29 heavy (non-hydrogen) atoms. The Morgan fingerprint density at radius 2 is 1.93 bits per heavy atom. The Labute approximate surface area is 171 Å². The molecule has 5 atom stereocenters. The number of hydrogen-bond acceptors (Lipinski definition) is 6. The summed E-state index contributed by atoms with van der Waals surface area (Å²) in [6, 6.07) is 3.65. The standard InChI is InChI=1S/C20H28N2O6S/c1-20-8-7-12-13(15(20)5-6-18(20)27-19(21)23)4-3-11-9-17(28-29(22,24)25)16(26-2)10-14(11)12/h9-10,12-13,15,18H,3-8H2,1-2H3,(H2,21,23)(H2,22,24,25)/t12?,13?,15?,18-,20-/m0/s1. The number of fused-ring (bicyclic) bond motifs is 5. The van der Waals surface area contributed by atoms with E-state index in [9.17, 15) is 13.2 Å². The Morgan fingerprint density at radius 3 is 2.59 bits per heavy atom. The summed E-state index contributed by atoms with van der Waals surface area (Å²) >= 11 is 0. The van der Waals surface area contributed by atoms with E-state index in [1.807, 2.05) is 6.07 Å². The maximum atomic E-state index is 11.4. The lowest BCUT2D eigenvalue weighted by Crippen LogP contribution is -2.45. The van der Waals surface area contributed by atoms with Crippen LogP contribution in [0, 0.1) is 17.3 Å². The summed E-state index contributed by atoms with van der Waals surface area (Å²) in [6.45, 7) is 2.23. The number of nitrogens with two attached hydrogens (primary N) is 2. The van der Waals surface area contributed by atoms with E-state index in [1.54, 1.807) is 6.07 Å². The van der Waals surface area contributed by atoms with Crippen molar-refractivity contribution in [3.63, 3.8) is 0 Å². The van der Waals surface area contributed by atoms with Crippen LogP contribution in [0.5, 0.6) is 11.5 Å². The first-order valence-electron chi connectivity index (χ1n) is 10.0. The maximum absolute atomic E-state index is 11.4. The molecule has 8 nitrogen and oxygen atoms in total. The molecule has 0 aromatic heterocycles. The number of benzene rings is 1. The van der Waals surface area contributed by atoms with E-state index >= 15 is 0 Å². The highest BCUT2D eigenvalue weighted by atomic mass is 32.2. The fraction of sp³-hybridized carbons (Fsp3) is 0.650. The molecule has 2 fully saturated rings. The average molecular weight is 425 g/mol. The second-order valence-corrected chi connectivity index (χ2v) is 9.89. The molecule has 0 spiro atoms. The first kappa shape index (κ1) is 20.3. The molecule has 2 saturated carbocycles. The number of carbonyl (C=O) groups excluding carboxylic acids is 1. The summed E-state index contributed by atoms with van der Waals surface area (Å²) in [6.07, 6.45) is 4.82. The minimum atomic E-state index is -4.13. The van der Waals surface area contributed by atoms with E-state index in [1.165, 1.54) is 12.7 Å². The van der Waals surface area contributed by atoms with Gasteiger partial charge in [0.15, 0.2) is 11.5 Å². The van der Waals surface area contributed by atoms with Crippen molar-refractivity contribution in [1.29, 1.82) is 0 Å². The van der Waals surface area contributed by atoms with Gasteiger partial charge in [-0.3, -0.25) is 0 Å². The molecule has 0 radical (unpaired) electrons. The van der Waals surface area contributed by atoms with Crippen LogP contribution in [0.2, 0.25) is 0 Å². The molecule has 1 aromatic carbocycles. The van der Waals surface area contributed by atoms with E-state index in [4.69, 9.17) is 24.5 Å². The topological polar surface area (TPSA) is 131 Å². The SMILES string of the molecule is COc1cc2c(cc1OS(N)(=O)=O)CCC1C2CC[C@@]2(C)C1CC[C@@H]2OC(N)=O. The lowest BCUT2D eigenvalue weighted by Gasteiger charge is -2.50. The number of primary amides is 1. The Kier molecular flexibility index (Phi) is 4.93. The number of hydrogen-bond donors (Lipinski definition) is 2. The Hall–Kier alpha value is -2.00. The molecular weight excluding hydrogens is 396 g/mol. The molecule has 0 heterocycles. The molecule has 4 rings (SSSR count). The third-order valence-corrected chi connectivity index (χ3v) is 7.80. The van der Waals surface area contributed by atoms with Crippen LogP contribution >= 0.6 is 0 Å². The van der Waals surface area contributed by atoms with Crippen molar-refractivity contribution in [2.75, 3.05) is 7.11 Å². The van der Waals surface area contributed by atoms with Gasteiger partial charge in [0, 0.05) is 5.41 Å². The lowest BCUT2D eigenvalue weighted by molar-refractivity contribution is -0.0291. The van der Waals surface area contributed by atoms with Gasteiger partial charge in [-0.2, -0.15) is 13.6 Å². The molecule has 3 unspecified atom stereocenters. The quantitative estimate of drug-likeness (QED) is 0.764. The molecule has 4 N–H and O–H groups in total. The Bertz CT molecular complexity index is 933. The predicted molar refractivity (Wildman–Crippen MR) is 106 cm³/mol. The average Bonchev–Trinajstić information content (AvgIpc) is 2.95. The zero-order valence-corrected chi connectivity index (χ0v) is 17.5. The first-order chi connectivity index (χ1) is 13.6. The lowest BCUT2D eigenvalue weighted by atomic mass is 9.55. The minimum Gasteiger partial charge on any atom is -0.493 e. The van der Waals surface area contributed by atoms with Crippen molar-refractivity contribution >= 4 is 16.4 Å². The van der Waals surface area contributed by atoms with Gasteiger partial charge < -0.3 is 19.4 Å². The van der Waals surface area contributed by atoms with Crippen molar-refractivity contribution in [2.24, 2.45) is 28.1 Å². The largest absolute Gasteiger partial charge is 0.493 e. The fourth-order valence-electron chi connectivity index (χ4n) is 6.21. The highest BCUT2D eigenvalue weighted by Gasteiger charge is 2.56. The summed E-state index contributed by atoms with van der Waals surface area (Å²) < 4.78 is 38.6. The predicted octanol–water partition coefficient (Wildman–Crippen LogP) is 2.60. The monoisotopic (exact) mass is 424 g/mol. The van der Waals surface area contributed by atoms with Gasteiger partial charge in [0.1, 0.15) is 6.10 Å². The zero-order valence-electron chi connectivity index (χ0n) is 16.7. The van der Waals surface area contributed by atoms with Crippen LogP contribution in [0.1, 0.15) is 56.1 Å². The van der Waals surface area contributed by atoms with Gasteiger partial charge >= 0.3 is 16.4 Å². The van der Waals surface area contributed by atoms with Gasteiger partial charge in [0.05, 0.1) is 7.11 Å². The second-order valence-electron chi connectivity index (χ2n) is 8.74. The van der Waals surface area contributed by atoms with Crippen molar-refractivity contribution in [3.8, 4) is 11.5 Å². The van der Waals surface area contributed by atoms with Gasteiger partial charge in [-0.1, -0.05) is 6.92 Å². The van der Waals surface area contributed by atoms with E-state index in [2.05, 4.69) is 6.92 Å². The van der Waals surface area contributed by atoms with E-state index in [0.29, 0.717) is 23.5 Å². The van der Waals surface area contributed by atoms with E-state index in [-0.39, 0.29) is 17.3 Å². The third kappa shape index (κ3) is 3.54. The maximum Gasteiger partial charge on any atom is 0.404 e. The zero-order chi connectivity index (χ0) is 21.0. The smallest absolute Gasteiger partial charge is 0.404 e. The van der Waals surface area contributed by atoms with Crippen LogP contribution in [-0.4, -0.2) is 27.7 Å². The number of ether oxygens (including phenoxy) is 2. The molecule has 160 valence electrons. The summed E-state index contributed by atoms with van der Waals surface area (Å²) in [4.78, 5) is 11.3. The van der Waals surface area contributed by atoms with Gasteiger partial charge in [0.2, 0.25) is 0 Å². The highest BCUT2D eigenvalue weighted by molar-refractivity contribution is 7.84. The number of aryl methyl sites for hydroxylation is 1. The second kappa shape index (κ2) is 7.05. The molecule has 0 aliphatic heterocycles. The normalized spacial score (nSPS) is 33.2. The first-order valence-corrected chi connectivity index (χ1v) is 11.5. The molecule has 9 heteroatoms. The number of carbonyl (C=O) groups is 1. The van der Waals surface area contributed by atoms with Crippen molar-refractivity contribution in [2.45, 2.75) is 57.5 Å². The number of amides is 1. The van der Waals surface area contributed by atoms with Crippen molar-refractivity contribution < 1.29 is 26.9 Å². The molecule has 3 aliphatic rings. The summed E-state index contributed by atoms with van der Waals surface area (Å²) in [7, 11) is -2.64.